The van der Waals surface area contributed by atoms with Crippen molar-refractivity contribution in [2.75, 3.05) is 20.6 Å². The van der Waals surface area contributed by atoms with E-state index in [1.54, 1.807) is 49.8 Å². The predicted molar refractivity (Wildman–Crippen MR) is 157 cm³/mol. The fraction of sp³-hybridized carbons (Fsp3) is 0.548. The zero-order valence-electron chi connectivity index (χ0n) is 23.7. The van der Waals surface area contributed by atoms with Crippen molar-refractivity contribution in [1.29, 1.82) is 0 Å². The van der Waals surface area contributed by atoms with Gasteiger partial charge < -0.3 is 10.2 Å². The number of aryl methyl sites for hydroxylation is 2. The monoisotopic (exact) mass is 596 g/mol. The van der Waals surface area contributed by atoms with E-state index >= 15 is 0 Å². The van der Waals surface area contributed by atoms with E-state index in [0.717, 1.165) is 48.1 Å². The first kappa shape index (κ1) is 32.3. The second kappa shape index (κ2) is 14.1. The van der Waals surface area contributed by atoms with Crippen LogP contribution in [-0.4, -0.2) is 49.3 Å². The molecule has 2 aromatic carbocycles. The summed E-state index contributed by atoms with van der Waals surface area (Å²) in [6.07, 6.45) is 1.51. The Balaban J connectivity index is 1.72. The van der Waals surface area contributed by atoms with Gasteiger partial charge >= 0.3 is 6.18 Å². The molecule has 0 spiro atoms. The maximum absolute atomic E-state index is 14.2. The summed E-state index contributed by atoms with van der Waals surface area (Å²) in [6.45, 7) is 4.25. The standard InChI is InChI=1S/C31H40ClF3N2O2S/c1-5-22-19-26(6-7-27(22)29(39)37(3)4)40-25-8-11-30(12-9-25,14-15-36-20-38)13-10-28(31(33,34)35)23-16-21(2)17-24(32)18-23/h6-7,16-20,25,28H,5,8-15H2,1-4H3,(H,36,38). The molecule has 4 nitrogen and oxygen atoms in total. The van der Waals surface area contributed by atoms with E-state index in [4.69, 9.17) is 11.6 Å². The molecule has 220 valence electrons. The first-order valence-electron chi connectivity index (χ1n) is 13.9. The van der Waals surface area contributed by atoms with Crippen LogP contribution in [0.1, 0.15) is 84.8 Å². The molecule has 3 rings (SSSR count). The van der Waals surface area contributed by atoms with E-state index in [9.17, 15) is 22.8 Å². The molecule has 0 bridgehead atoms. The largest absolute Gasteiger partial charge is 0.395 e. The van der Waals surface area contributed by atoms with Crippen LogP contribution >= 0.6 is 23.4 Å². The second-order valence-electron chi connectivity index (χ2n) is 11.2. The van der Waals surface area contributed by atoms with Crippen LogP contribution in [-0.2, 0) is 11.2 Å². The van der Waals surface area contributed by atoms with Gasteiger partial charge in [-0.15, -0.1) is 11.8 Å². The molecule has 1 atom stereocenters. The molecule has 1 unspecified atom stereocenters. The van der Waals surface area contributed by atoms with Gasteiger partial charge in [-0.05, 0) is 111 Å². The Hall–Kier alpha value is -2.19. The van der Waals surface area contributed by atoms with Crippen LogP contribution in [0.15, 0.2) is 41.3 Å². The third kappa shape index (κ3) is 8.65. The zero-order valence-corrected chi connectivity index (χ0v) is 25.3. The number of amides is 2. The Morgan fingerprint density at radius 2 is 1.88 bits per heavy atom. The molecule has 1 aliphatic carbocycles. The highest BCUT2D eigenvalue weighted by molar-refractivity contribution is 8.00. The summed E-state index contributed by atoms with van der Waals surface area (Å²) in [5.74, 6) is -1.59. The van der Waals surface area contributed by atoms with Gasteiger partial charge in [0.05, 0.1) is 5.92 Å². The normalized spacial score (nSPS) is 20.1. The van der Waals surface area contributed by atoms with Crippen molar-refractivity contribution in [2.24, 2.45) is 5.41 Å². The molecule has 0 heterocycles. The van der Waals surface area contributed by atoms with Crippen molar-refractivity contribution in [3.8, 4) is 0 Å². The van der Waals surface area contributed by atoms with E-state index in [-0.39, 0.29) is 23.3 Å². The molecular weight excluding hydrogens is 557 g/mol. The topological polar surface area (TPSA) is 49.4 Å². The number of nitrogens with zero attached hydrogens (tertiary/aromatic N) is 1. The van der Waals surface area contributed by atoms with Crippen molar-refractivity contribution in [3.63, 3.8) is 0 Å². The molecule has 2 aromatic rings. The Morgan fingerprint density at radius 1 is 1.18 bits per heavy atom. The lowest BCUT2D eigenvalue weighted by Gasteiger charge is -2.41. The Bertz CT molecular complexity index is 1140. The van der Waals surface area contributed by atoms with Gasteiger partial charge in [-0.3, -0.25) is 9.59 Å². The van der Waals surface area contributed by atoms with Gasteiger partial charge in [0.1, 0.15) is 0 Å². The van der Waals surface area contributed by atoms with Crippen LogP contribution in [0.3, 0.4) is 0 Å². The summed E-state index contributed by atoms with van der Waals surface area (Å²) in [5, 5.41) is 3.38. The summed E-state index contributed by atoms with van der Waals surface area (Å²) in [7, 11) is 3.49. The molecule has 1 fully saturated rings. The van der Waals surface area contributed by atoms with Gasteiger partial charge in [0, 0.05) is 41.4 Å². The smallest absolute Gasteiger partial charge is 0.359 e. The molecule has 0 radical (unpaired) electrons. The average molecular weight is 597 g/mol. The number of carbonyl (C=O) groups is 2. The van der Waals surface area contributed by atoms with Crippen LogP contribution < -0.4 is 5.32 Å². The number of rotatable bonds is 12. The molecule has 40 heavy (non-hydrogen) atoms. The molecule has 0 aromatic heterocycles. The summed E-state index contributed by atoms with van der Waals surface area (Å²) in [4.78, 5) is 26.1. The number of nitrogens with one attached hydrogen (secondary N) is 1. The lowest BCUT2D eigenvalue weighted by Crippen LogP contribution is -2.33. The predicted octanol–water partition coefficient (Wildman–Crippen LogP) is 8.20. The fourth-order valence-corrected chi connectivity index (χ4v) is 7.37. The number of thioether (sulfide) groups is 1. The summed E-state index contributed by atoms with van der Waals surface area (Å²) < 4.78 is 42.6. The van der Waals surface area contributed by atoms with Crippen LogP contribution in [0.5, 0.6) is 0 Å². The van der Waals surface area contributed by atoms with E-state index in [0.29, 0.717) is 41.6 Å². The molecule has 1 N–H and O–H groups in total. The van der Waals surface area contributed by atoms with E-state index < -0.39 is 12.1 Å². The van der Waals surface area contributed by atoms with Crippen molar-refractivity contribution in [3.05, 3.63) is 63.7 Å². The van der Waals surface area contributed by atoms with Gasteiger partial charge in [0.2, 0.25) is 6.41 Å². The number of halogens is 4. The van der Waals surface area contributed by atoms with Crippen molar-refractivity contribution in [1.82, 2.24) is 10.2 Å². The number of hydrogen-bond donors (Lipinski definition) is 1. The molecule has 9 heteroatoms. The molecule has 1 saturated carbocycles. The van der Waals surface area contributed by atoms with E-state index in [1.165, 1.54) is 6.07 Å². The van der Waals surface area contributed by atoms with Crippen LogP contribution in [0, 0.1) is 12.3 Å². The van der Waals surface area contributed by atoms with Gasteiger partial charge in [0.15, 0.2) is 0 Å². The molecule has 1 aliphatic rings. The SMILES string of the molecule is CCc1cc(SC2CCC(CCNC=O)(CCC(c3cc(C)cc(Cl)c3)C(F)(F)F)CC2)ccc1C(=O)N(C)C. The van der Waals surface area contributed by atoms with Crippen LogP contribution in [0.25, 0.3) is 0 Å². The van der Waals surface area contributed by atoms with Crippen molar-refractivity contribution < 1.29 is 22.8 Å². The quantitative estimate of drug-likeness (QED) is 0.198. The summed E-state index contributed by atoms with van der Waals surface area (Å²) in [5.41, 5.74) is 2.40. The first-order chi connectivity index (χ1) is 18.9. The maximum Gasteiger partial charge on any atom is 0.395 e. The second-order valence-corrected chi connectivity index (χ2v) is 13.0. The molecular formula is C31H40ClF3N2O2S. The van der Waals surface area contributed by atoms with Crippen LogP contribution in [0.2, 0.25) is 5.02 Å². The Morgan fingerprint density at radius 3 is 2.45 bits per heavy atom. The Kier molecular flexibility index (Phi) is 11.4. The van der Waals surface area contributed by atoms with Crippen LogP contribution in [0.4, 0.5) is 13.2 Å². The highest BCUT2D eigenvalue weighted by Crippen LogP contribution is 2.50. The number of hydrogen-bond acceptors (Lipinski definition) is 3. The maximum atomic E-state index is 14.2. The third-order valence-electron chi connectivity index (χ3n) is 8.10. The first-order valence-corrected chi connectivity index (χ1v) is 15.2. The van der Waals surface area contributed by atoms with Gasteiger partial charge in [-0.25, -0.2) is 0 Å². The zero-order chi connectivity index (χ0) is 29.5. The lowest BCUT2D eigenvalue weighted by molar-refractivity contribution is -0.153. The Labute approximate surface area is 245 Å². The summed E-state index contributed by atoms with van der Waals surface area (Å²) >= 11 is 7.90. The molecule has 0 saturated heterocycles. The highest BCUT2D eigenvalue weighted by atomic mass is 35.5. The number of carbonyl (C=O) groups excluding carboxylic acids is 2. The van der Waals surface area contributed by atoms with Crippen molar-refractivity contribution in [2.45, 2.75) is 87.5 Å². The van der Waals surface area contributed by atoms with Gasteiger partial charge in [0.25, 0.3) is 5.91 Å². The van der Waals surface area contributed by atoms with Gasteiger partial charge in [-0.1, -0.05) is 24.6 Å². The van der Waals surface area contributed by atoms with Gasteiger partial charge in [-0.2, -0.15) is 13.2 Å². The number of benzene rings is 2. The minimum atomic E-state index is -4.37. The molecule has 0 aliphatic heterocycles. The fourth-order valence-electron chi connectivity index (χ4n) is 5.86. The number of alkyl halides is 3. The minimum Gasteiger partial charge on any atom is -0.359 e. The van der Waals surface area contributed by atoms with E-state index in [2.05, 4.69) is 11.4 Å². The highest BCUT2D eigenvalue weighted by Gasteiger charge is 2.43. The van der Waals surface area contributed by atoms with Crippen molar-refractivity contribution >= 4 is 35.7 Å². The summed E-state index contributed by atoms with van der Waals surface area (Å²) in [6, 6.07) is 10.7. The lowest BCUT2D eigenvalue weighted by atomic mass is 9.67. The molecule has 2 amide bonds. The third-order valence-corrected chi connectivity index (χ3v) is 9.65. The average Bonchev–Trinajstić information content (AvgIpc) is 2.88. The minimum absolute atomic E-state index is 0.00937. The van der Waals surface area contributed by atoms with E-state index in [1.807, 2.05) is 19.1 Å².